The zero-order chi connectivity index (χ0) is 25.7. The highest BCUT2D eigenvalue weighted by atomic mass is 32.1. The Labute approximate surface area is 218 Å². The maximum Gasteiger partial charge on any atom is 0.238 e. The van der Waals surface area contributed by atoms with Crippen molar-refractivity contribution in [3.8, 4) is 17.1 Å². The van der Waals surface area contributed by atoms with Gasteiger partial charge < -0.3 is 20.5 Å². The summed E-state index contributed by atoms with van der Waals surface area (Å²) in [4.78, 5) is 11.3. The number of hydrogen-bond acceptors (Lipinski definition) is 7. The molecule has 1 aromatic carbocycles. The van der Waals surface area contributed by atoms with Crippen LogP contribution in [0, 0.1) is 0 Å². The van der Waals surface area contributed by atoms with Gasteiger partial charge in [0.2, 0.25) is 5.88 Å². The Morgan fingerprint density at radius 2 is 2.00 bits per heavy atom. The van der Waals surface area contributed by atoms with Crippen LogP contribution in [0.4, 0.5) is 5.69 Å². The number of pyridine rings is 1. The Balaban J connectivity index is 1.85. The molecule has 1 aliphatic rings. The van der Waals surface area contributed by atoms with E-state index in [1.165, 1.54) is 0 Å². The van der Waals surface area contributed by atoms with E-state index in [2.05, 4.69) is 68.2 Å². The minimum absolute atomic E-state index is 0.150. The van der Waals surface area contributed by atoms with E-state index in [9.17, 15) is 5.11 Å². The number of aliphatic hydroxyl groups is 1. The first kappa shape index (κ1) is 26.1. The van der Waals surface area contributed by atoms with Crippen molar-refractivity contribution in [2.75, 3.05) is 11.5 Å². The summed E-state index contributed by atoms with van der Waals surface area (Å²) in [6.07, 6.45) is 8.21. The number of anilines is 1. The van der Waals surface area contributed by atoms with Gasteiger partial charge in [-0.2, -0.15) is 0 Å². The van der Waals surface area contributed by atoms with Crippen molar-refractivity contribution in [1.29, 1.82) is 0 Å². The number of aliphatic hydroxyl groups excluding tert-OH is 1. The molecule has 190 valence electrons. The van der Waals surface area contributed by atoms with Crippen molar-refractivity contribution < 1.29 is 9.84 Å². The Kier molecular flexibility index (Phi) is 8.24. The second-order valence-corrected chi connectivity index (χ2v) is 9.84. The summed E-state index contributed by atoms with van der Waals surface area (Å²) < 4.78 is 5.94. The third-order valence-corrected chi connectivity index (χ3v) is 7.53. The minimum Gasteiger partial charge on any atom is -0.471 e. The fourth-order valence-electron chi connectivity index (χ4n) is 4.61. The van der Waals surface area contributed by atoms with Crippen molar-refractivity contribution in [3.63, 3.8) is 0 Å². The Bertz CT molecular complexity index is 1210. The van der Waals surface area contributed by atoms with Crippen LogP contribution in [-0.2, 0) is 12.1 Å². The molecule has 0 amide bonds. The van der Waals surface area contributed by atoms with Gasteiger partial charge in [-0.05, 0) is 43.4 Å². The van der Waals surface area contributed by atoms with Gasteiger partial charge in [0.05, 0.1) is 23.4 Å². The molecule has 36 heavy (non-hydrogen) atoms. The molecule has 1 atom stereocenters. The average molecular weight is 505 g/mol. The number of benzene rings is 1. The van der Waals surface area contributed by atoms with Crippen LogP contribution >= 0.6 is 11.3 Å². The molecule has 1 unspecified atom stereocenters. The largest absolute Gasteiger partial charge is 0.471 e. The summed E-state index contributed by atoms with van der Waals surface area (Å²) >= 11 is 1.54. The fourth-order valence-corrected chi connectivity index (χ4v) is 5.16. The molecule has 4 rings (SSSR count). The van der Waals surface area contributed by atoms with Crippen molar-refractivity contribution >= 4 is 22.6 Å². The van der Waals surface area contributed by atoms with Crippen LogP contribution < -0.4 is 15.4 Å². The SMILES string of the molecule is CC=CC(=CCC)c1cc2c(nc1-c1ccc(C(N)(CC)CC)cc1)OCC(O)N2Cc1cscn1. The van der Waals surface area contributed by atoms with Gasteiger partial charge in [0.15, 0.2) is 6.23 Å². The molecule has 3 aromatic rings. The molecule has 0 spiro atoms. The first-order chi connectivity index (χ1) is 17.4. The van der Waals surface area contributed by atoms with Crippen molar-refractivity contribution in [2.24, 2.45) is 5.73 Å². The molecular formula is C29H36N4O2S. The van der Waals surface area contributed by atoms with Crippen LogP contribution in [0.3, 0.4) is 0 Å². The summed E-state index contributed by atoms with van der Waals surface area (Å²) in [5.41, 5.74) is 14.8. The number of hydrogen-bond donors (Lipinski definition) is 2. The lowest BCUT2D eigenvalue weighted by molar-refractivity contribution is 0.0862. The summed E-state index contributed by atoms with van der Waals surface area (Å²) in [5, 5.41) is 12.8. The maximum atomic E-state index is 10.8. The average Bonchev–Trinajstić information content (AvgIpc) is 3.42. The lowest BCUT2D eigenvalue weighted by atomic mass is 9.85. The first-order valence-electron chi connectivity index (χ1n) is 12.7. The van der Waals surface area contributed by atoms with Gasteiger partial charge in [-0.3, -0.25) is 0 Å². The Morgan fingerprint density at radius 1 is 1.25 bits per heavy atom. The highest BCUT2D eigenvalue weighted by molar-refractivity contribution is 7.07. The minimum atomic E-state index is -0.778. The quantitative estimate of drug-likeness (QED) is 0.334. The molecule has 3 heterocycles. The summed E-state index contributed by atoms with van der Waals surface area (Å²) in [5.74, 6) is 0.518. The Hall–Kier alpha value is -3.00. The van der Waals surface area contributed by atoms with Gasteiger partial charge in [0.1, 0.15) is 12.3 Å². The Morgan fingerprint density at radius 3 is 2.61 bits per heavy atom. The van der Waals surface area contributed by atoms with E-state index in [4.69, 9.17) is 15.5 Å². The van der Waals surface area contributed by atoms with Crippen LogP contribution in [-0.4, -0.2) is 27.9 Å². The van der Waals surface area contributed by atoms with Crippen LogP contribution in [0.25, 0.3) is 16.8 Å². The van der Waals surface area contributed by atoms with Crippen molar-refractivity contribution in [2.45, 2.75) is 65.3 Å². The molecule has 0 aliphatic carbocycles. The maximum absolute atomic E-state index is 10.8. The fraction of sp³-hybridized carbons (Fsp3) is 0.379. The van der Waals surface area contributed by atoms with E-state index >= 15 is 0 Å². The van der Waals surface area contributed by atoms with Gasteiger partial charge in [-0.15, -0.1) is 11.3 Å². The monoisotopic (exact) mass is 504 g/mol. The zero-order valence-corrected chi connectivity index (χ0v) is 22.4. The van der Waals surface area contributed by atoms with Crippen LogP contribution in [0.15, 0.2) is 59.5 Å². The van der Waals surface area contributed by atoms with Crippen molar-refractivity contribution in [1.82, 2.24) is 9.97 Å². The molecule has 1 aliphatic heterocycles. The van der Waals surface area contributed by atoms with E-state index in [-0.39, 0.29) is 12.1 Å². The van der Waals surface area contributed by atoms with E-state index in [0.717, 1.165) is 58.6 Å². The molecule has 6 nitrogen and oxygen atoms in total. The number of nitrogens with zero attached hydrogens (tertiary/aromatic N) is 3. The second-order valence-electron chi connectivity index (χ2n) is 9.12. The topological polar surface area (TPSA) is 84.5 Å². The normalized spacial score (nSPS) is 16.3. The van der Waals surface area contributed by atoms with Gasteiger partial charge in [-0.1, -0.05) is 63.3 Å². The highest BCUT2D eigenvalue weighted by Crippen LogP contribution is 2.40. The van der Waals surface area contributed by atoms with Crippen molar-refractivity contribution in [3.05, 3.63) is 76.3 Å². The smallest absolute Gasteiger partial charge is 0.238 e. The molecule has 0 saturated carbocycles. The molecule has 0 fully saturated rings. The molecule has 0 radical (unpaired) electrons. The van der Waals surface area contributed by atoms with Crippen LogP contribution in [0.5, 0.6) is 5.88 Å². The second kappa shape index (κ2) is 11.4. The number of allylic oxidation sites excluding steroid dienone is 4. The third-order valence-electron chi connectivity index (χ3n) is 6.90. The number of fused-ring (bicyclic) bond motifs is 1. The van der Waals surface area contributed by atoms with Crippen LogP contribution in [0.1, 0.15) is 63.8 Å². The predicted molar refractivity (Wildman–Crippen MR) is 149 cm³/mol. The number of aromatic nitrogens is 2. The third kappa shape index (κ3) is 5.24. The molecular weight excluding hydrogens is 468 g/mol. The van der Waals surface area contributed by atoms with Gasteiger partial charge in [0.25, 0.3) is 0 Å². The number of thiazole rings is 1. The van der Waals surface area contributed by atoms with E-state index < -0.39 is 6.23 Å². The molecule has 7 heteroatoms. The highest BCUT2D eigenvalue weighted by Gasteiger charge is 2.30. The molecule has 0 bridgehead atoms. The summed E-state index contributed by atoms with van der Waals surface area (Å²) in [6, 6.07) is 10.5. The van der Waals surface area contributed by atoms with Gasteiger partial charge in [0, 0.05) is 22.0 Å². The van der Waals surface area contributed by atoms with E-state index in [1.807, 2.05) is 23.3 Å². The lowest BCUT2D eigenvalue weighted by Gasteiger charge is -2.35. The summed E-state index contributed by atoms with van der Waals surface area (Å²) in [7, 11) is 0. The van der Waals surface area contributed by atoms with E-state index in [1.54, 1.807) is 16.8 Å². The zero-order valence-electron chi connectivity index (χ0n) is 21.6. The molecule has 0 saturated heterocycles. The number of nitrogens with two attached hydrogens (primary N) is 1. The van der Waals surface area contributed by atoms with Gasteiger partial charge >= 0.3 is 0 Å². The lowest BCUT2D eigenvalue weighted by Crippen LogP contribution is -2.43. The molecule has 2 aromatic heterocycles. The first-order valence-corrected chi connectivity index (χ1v) is 13.6. The van der Waals surface area contributed by atoms with Crippen LogP contribution in [0.2, 0.25) is 0 Å². The standard InChI is InChI=1S/C29H36N4O2S/c1-5-9-20(10-6-2)24-15-25-28(35-17-26(34)33(25)16-23-18-36-19-31-23)32-27(24)21-11-13-22(14-12-21)29(30,7-3)8-4/h5,9-15,18-19,26,34H,6-8,16-17,30H2,1-4H3. The number of rotatable bonds is 9. The predicted octanol–water partition coefficient (Wildman–Crippen LogP) is 6.27. The molecule has 3 N–H and O–H groups in total. The summed E-state index contributed by atoms with van der Waals surface area (Å²) in [6.45, 7) is 9.03. The van der Waals surface area contributed by atoms with E-state index in [0.29, 0.717) is 12.4 Å². The number of ether oxygens (including phenoxy) is 1. The van der Waals surface area contributed by atoms with Gasteiger partial charge in [-0.25, -0.2) is 9.97 Å².